The minimum atomic E-state index is -0.497. The number of ether oxygens (including phenoxy) is 1. The lowest BCUT2D eigenvalue weighted by atomic mass is 10.1. The van der Waals surface area contributed by atoms with Crippen LogP contribution in [0.3, 0.4) is 0 Å². The second kappa shape index (κ2) is 4.29. The first-order chi connectivity index (χ1) is 5.33. The maximum Gasteiger partial charge on any atom is 0.303 e. The third kappa shape index (κ3) is 5.96. The quantitative estimate of drug-likeness (QED) is 0.607. The van der Waals surface area contributed by atoms with E-state index in [1.54, 1.807) is 0 Å². The fourth-order valence-electron chi connectivity index (χ4n) is 0.772. The summed E-state index contributed by atoms with van der Waals surface area (Å²) in [7, 11) is 0. The van der Waals surface area contributed by atoms with Gasteiger partial charge in [0, 0.05) is 6.92 Å². The molecule has 0 aliphatic rings. The molecule has 0 rings (SSSR count). The maximum atomic E-state index is 10.6. The molecule has 0 atom stereocenters. The summed E-state index contributed by atoms with van der Waals surface area (Å²) >= 11 is 0. The Morgan fingerprint density at radius 1 is 1.25 bits per heavy atom. The molecule has 2 heteroatoms. The largest absolute Gasteiger partial charge is 0.456 e. The van der Waals surface area contributed by atoms with E-state index in [9.17, 15) is 4.79 Å². The fraction of sp³-hybridized carbons (Fsp3) is 0.600. The number of rotatable bonds is 3. The van der Waals surface area contributed by atoms with Crippen molar-refractivity contribution in [2.24, 2.45) is 0 Å². The van der Waals surface area contributed by atoms with Gasteiger partial charge in [-0.1, -0.05) is 19.9 Å². The Kier molecular flexibility index (Phi) is 4.01. The smallest absolute Gasteiger partial charge is 0.303 e. The van der Waals surface area contributed by atoms with Crippen LogP contribution in [-0.4, -0.2) is 11.6 Å². The summed E-state index contributed by atoms with van der Waals surface area (Å²) in [6.07, 6.45) is 3.83. The zero-order valence-electron chi connectivity index (χ0n) is 8.47. The van der Waals surface area contributed by atoms with Crippen LogP contribution >= 0.6 is 0 Å². The van der Waals surface area contributed by atoms with Crippen LogP contribution in [-0.2, 0) is 9.53 Å². The average Bonchev–Trinajstić information content (AvgIpc) is 1.81. The molecule has 0 N–H and O–H groups in total. The molecular formula is C10H17O2. The Labute approximate surface area is 74.6 Å². The van der Waals surface area contributed by atoms with Crippen molar-refractivity contribution in [1.29, 1.82) is 0 Å². The Bertz CT molecular complexity index is 178. The first-order valence-electron chi connectivity index (χ1n) is 4.02. The van der Waals surface area contributed by atoms with E-state index in [4.69, 9.17) is 4.74 Å². The number of allylic oxidation sites excluding steroid dienone is 1. The Morgan fingerprint density at radius 3 is 2.08 bits per heavy atom. The van der Waals surface area contributed by atoms with Crippen molar-refractivity contribution >= 4 is 5.97 Å². The Balaban J connectivity index is 4.12. The molecule has 0 aromatic heterocycles. The molecule has 0 aromatic carbocycles. The first kappa shape index (κ1) is 11.2. The van der Waals surface area contributed by atoms with Gasteiger partial charge in [0.1, 0.15) is 5.60 Å². The average molecular weight is 169 g/mol. The summed E-state index contributed by atoms with van der Waals surface area (Å²) < 4.78 is 5.05. The standard InChI is InChI=1S/C10H17O2/c1-8(2)6-7-10(4,5)12-9(3)11/h6-7H,1-5H3. The highest BCUT2D eigenvalue weighted by Crippen LogP contribution is 2.13. The topological polar surface area (TPSA) is 26.3 Å². The van der Waals surface area contributed by atoms with Crippen molar-refractivity contribution in [2.75, 3.05) is 0 Å². The lowest BCUT2D eigenvalue weighted by Gasteiger charge is -2.20. The molecule has 0 amide bonds. The van der Waals surface area contributed by atoms with Gasteiger partial charge in [-0.25, -0.2) is 0 Å². The molecule has 0 saturated heterocycles. The summed E-state index contributed by atoms with van der Waals surface area (Å²) in [6, 6.07) is 0. The van der Waals surface area contributed by atoms with Crippen molar-refractivity contribution in [3.63, 3.8) is 0 Å². The predicted octanol–water partition coefficient (Wildman–Crippen LogP) is 2.50. The van der Waals surface area contributed by atoms with Gasteiger partial charge in [-0.05, 0) is 25.8 Å². The van der Waals surface area contributed by atoms with Crippen LogP contribution in [0.2, 0.25) is 0 Å². The third-order valence-corrected chi connectivity index (χ3v) is 1.22. The van der Waals surface area contributed by atoms with Crippen LogP contribution in [0.5, 0.6) is 0 Å². The van der Waals surface area contributed by atoms with Crippen LogP contribution in [0.15, 0.2) is 12.2 Å². The van der Waals surface area contributed by atoms with Gasteiger partial charge in [0.05, 0.1) is 0 Å². The number of carbonyl (C=O) groups is 1. The van der Waals surface area contributed by atoms with E-state index >= 15 is 0 Å². The summed E-state index contributed by atoms with van der Waals surface area (Å²) in [6.45, 7) is 9.13. The molecule has 0 unspecified atom stereocenters. The minimum absolute atomic E-state index is 0.251. The normalized spacial score (nSPS) is 12.5. The molecule has 0 aliphatic carbocycles. The highest BCUT2D eigenvalue weighted by Gasteiger charge is 2.16. The highest BCUT2D eigenvalue weighted by atomic mass is 16.6. The van der Waals surface area contributed by atoms with E-state index in [0.717, 1.165) is 0 Å². The Hall–Kier alpha value is -0.790. The van der Waals surface area contributed by atoms with Gasteiger partial charge < -0.3 is 4.74 Å². The lowest BCUT2D eigenvalue weighted by molar-refractivity contribution is -0.149. The molecule has 12 heavy (non-hydrogen) atoms. The number of hydrogen-bond donors (Lipinski definition) is 0. The van der Waals surface area contributed by atoms with E-state index in [2.05, 4.69) is 0 Å². The minimum Gasteiger partial charge on any atom is -0.456 e. The predicted molar refractivity (Wildman–Crippen MR) is 49.6 cm³/mol. The Morgan fingerprint density at radius 2 is 1.75 bits per heavy atom. The van der Waals surface area contributed by atoms with Crippen LogP contribution < -0.4 is 0 Å². The first-order valence-corrected chi connectivity index (χ1v) is 4.02. The third-order valence-electron chi connectivity index (χ3n) is 1.22. The monoisotopic (exact) mass is 169 g/mol. The van der Waals surface area contributed by atoms with Crippen LogP contribution in [0, 0.1) is 5.92 Å². The second-order valence-corrected chi connectivity index (χ2v) is 3.61. The van der Waals surface area contributed by atoms with Crippen molar-refractivity contribution in [3.8, 4) is 0 Å². The SMILES string of the molecule is C[C](C)C=CC(C)(C)OC(C)=O. The van der Waals surface area contributed by atoms with Crippen molar-refractivity contribution in [2.45, 2.75) is 40.2 Å². The summed E-state index contributed by atoms with van der Waals surface area (Å²) in [5, 5.41) is 0. The van der Waals surface area contributed by atoms with Gasteiger partial charge >= 0.3 is 5.97 Å². The van der Waals surface area contributed by atoms with Crippen LogP contribution in [0.4, 0.5) is 0 Å². The molecule has 0 saturated carbocycles. The van der Waals surface area contributed by atoms with Gasteiger partial charge in [0.2, 0.25) is 0 Å². The molecule has 0 spiro atoms. The van der Waals surface area contributed by atoms with Gasteiger partial charge in [0.15, 0.2) is 0 Å². The number of carbonyl (C=O) groups excluding carboxylic acids is 1. The summed E-state index contributed by atoms with van der Waals surface area (Å²) in [5.74, 6) is 0.939. The molecule has 2 nitrogen and oxygen atoms in total. The second-order valence-electron chi connectivity index (χ2n) is 3.61. The van der Waals surface area contributed by atoms with Crippen LogP contribution in [0.1, 0.15) is 34.6 Å². The molecular weight excluding hydrogens is 152 g/mol. The van der Waals surface area contributed by atoms with Crippen molar-refractivity contribution in [1.82, 2.24) is 0 Å². The van der Waals surface area contributed by atoms with E-state index in [0.29, 0.717) is 0 Å². The van der Waals surface area contributed by atoms with E-state index in [1.807, 2.05) is 39.8 Å². The van der Waals surface area contributed by atoms with Crippen LogP contribution in [0.25, 0.3) is 0 Å². The molecule has 0 bridgehead atoms. The fourth-order valence-corrected chi connectivity index (χ4v) is 0.772. The molecule has 0 heterocycles. The van der Waals surface area contributed by atoms with Gasteiger partial charge in [-0.3, -0.25) is 4.79 Å². The maximum absolute atomic E-state index is 10.6. The number of esters is 1. The van der Waals surface area contributed by atoms with Crippen molar-refractivity contribution < 1.29 is 9.53 Å². The van der Waals surface area contributed by atoms with E-state index in [-0.39, 0.29) is 5.97 Å². The lowest BCUT2D eigenvalue weighted by Crippen LogP contribution is -2.24. The molecule has 69 valence electrons. The zero-order valence-corrected chi connectivity index (χ0v) is 8.47. The zero-order chi connectivity index (χ0) is 9.78. The van der Waals surface area contributed by atoms with E-state index < -0.39 is 5.60 Å². The summed E-state index contributed by atoms with van der Waals surface area (Å²) in [4.78, 5) is 10.6. The van der Waals surface area contributed by atoms with Gasteiger partial charge in [-0.15, -0.1) is 0 Å². The molecule has 0 fully saturated rings. The molecule has 1 radical (unpaired) electrons. The molecule has 0 aliphatic heterocycles. The van der Waals surface area contributed by atoms with Gasteiger partial charge in [0.25, 0.3) is 0 Å². The van der Waals surface area contributed by atoms with Gasteiger partial charge in [-0.2, -0.15) is 0 Å². The summed E-state index contributed by atoms with van der Waals surface area (Å²) in [5.41, 5.74) is -0.497. The highest BCUT2D eigenvalue weighted by molar-refractivity contribution is 5.66. The number of hydrogen-bond acceptors (Lipinski definition) is 2. The molecule has 0 aromatic rings. The van der Waals surface area contributed by atoms with Crippen molar-refractivity contribution in [3.05, 3.63) is 18.1 Å². The van der Waals surface area contributed by atoms with E-state index in [1.165, 1.54) is 12.8 Å².